The van der Waals surface area contributed by atoms with Crippen LogP contribution in [0.2, 0.25) is 0 Å². The lowest BCUT2D eigenvalue weighted by atomic mass is 10.1. The summed E-state index contributed by atoms with van der Waals surface area (Å²) >= 11 is 0. The van der Waals surface area contributed by atoms with E-state index in [0.29, 0.717) is 5.56 Å². The molecule has 0 spiro atoms. The summed E-state index contributed by atoms with van der Waals surface area (Å²) in [6, 6.07) is 16.6. The summed E-state index contributed by atoms with van der Waals surface area (Å²) in [4.78, 5) is 23.2. The Bertz CT molecular complexity index is 1220. The first-order chi connectivity index (χ1) is 14.2. The van der Waals surface area contributed by atoms with Crippen molar-refractivity contribution in [2.75, 3.05) is 18.4 Å². The fraction of sp³-hybridized carbons (Fsp3) is 0.190. The van der Waals surface area contributed by atoms with E-state index in [0.717, 1.165) is 15.1 Å². The monoisotopic (exact) mass is 427 g/mol. The molecule has 0 heterocycles. The van der Waals surface area contributed by atoms with Crippen molar-refractivity contribution in [3.05, 3.63) is 76.3 Å². The summed E-state index contributed by atoms with van der Waals surface area (Å²) < 4.78 is 27.2. The van der Waals surface area contributed by atoms with E-state index in [-0.39, 0.29) is 22.8 Å². The summed E-state index contributed by atoms with van der Waals surface area (Å²) in [7, 11) is -3.90. The molecule has 0 atom stereocenters. The minimum Gasteiger partial charge on any atom is -0.324 e. The molecule has 3 aromatic rings. The number of likely N-dealkylation sites (N-methyl/N-ethyl adjacent to an activating group) is 1. The van der Waals surface area contributed by atoms with Gasteiger partial charge in [0.1, 0.15) is 0 Å². The minimum atomic E-state index is -3.90. The molecule has 0 aromatic heterocycles. The Morgan fingerprint density at radius 3 is 2.43 bits per heavy atom. The van der Waals surface area contributed by atoms with Crippen LogP contribution in [0.4, 0.5) is 11.4 Å². The smallest absolute Gasteiger partial charge is 0.274 e. The van der Waals surface area contributed by atoms with Crippen LogP contribution in [0.1, 0.15) is 12.5 Å². The first-order valence-electron chi connectivity index (χ1n) is 9.27. The van der Waals surface area contributed by atoms with Crippen molar-refractivity contribution < 1.29 is 18.1 Å². The van der Waals surface area contributed by atoms with Crippen molar-refractivity contribution in [3.8, 4) is 0 Å². The van der Waals surface area contributed by atoms with Gasteiger partial charge in [0.15, 0.2) is 0 Å². The van der Waals surface area contributed by atoms with E-state index in [1.165, 1.54) is 31.2 Å². The normalized spacial score (nSPS) is 11.6. The van der Waals surface area contributed by atoms with Crippen LogP contribution in [0, 0.1) is 17.0 Å². The van der Waals surface area contributed by atoms with Crippen molar-refractivity contribution in [2.45, 2.75) is 18.7 Å². The zero-order chi connectivity index (χ0) is 21.9. The number of benzene rings is 3. The highest BCUT2D eigenvalue weighted by Gasteiger charge is 2.26. The number of hydrogen-bond donors (Lipinski definition) is 1. The van der Waals surface area contributed by atoms with Gasteiger partial charge in [0.25, 0.3) is 5.69 Å². The van der Waals surface area contributed by atoms with Crippen molar-refractivity contribution in [1.29, 1.82) is 0 Å². The van der Waals surface area contributed by atoms with Crippen LogP contribution in [0.15, 0.2) is 65.6 Å². The van der Waals surface area contributed by atoms with E-state index in [1.54, 1.807) is 19.1 Å². The molecule has 1 N–H and O–H groups in total. The molecule has 3 aromatic carbocycles. The maximum atomic E-state index is 13.1. The average Bonchev–Trinajstić information content (AvgIpc) is 2.72. The number of rotatable bonds is 7. The molecule has 0 unspecified atom stereocenters. The number of amides is 1. The molecule has 9 heteroatoms. The Morgan fingerprint density at radius 2 is 1.77 bits per heavy atom. The molecule has 0 saturated heterocycles. The third-order valence-corrected chi connectivity index (χ3v) is 6.72. The van der Waals surface area contributed by atoms with Crippen molar-refractivity contribution in [2.24, 2.45) is 0 Å². The van der Waals surface area contributed by atoms with E-state index in [1.807, 2.05) is 24.3 Å². The Hall–Kier alpha value is -3.30. The van der Waals surface area contributed by atoms with Gasteiger partial charge in [0.2, 0.25) is 15.9 Å². The highest BCUT2D eigenvalue weighted by molar-refractivity contribution is 7.89. The maximum absolute atomic E-state index is 13.1. The number of nitro groups is 1. The lowest BCUT2D eigenvalue weighted by Gasteiger charge is -2.20. The van der Waals surface area contributed by atoms with Gasteiger partial charge < -0.3 is 5.32 Å². The Labute approximate surface area is 174 Å². The van der Waals surface area contributed by atoms with Gasteiger partial charge in [-0.2, -0.15) is 4.31 Å². The number of fused-ring (bicyclic) bond motifs is 1. The van der Waals surface area contributed by atoms with E-state index >= 15 is 0 Å². The lowest BCUT2D eigenvalue weighted by molar-refractivity contribution is -0.385. The summed E-state index contributed by atoms with van der Waals surface area (Å²) in [5, 5.41) is 15.3. The van der Waals surface area contributed by atoms with Gasteiger partial charge in [-0.05, 0) is 35.9 Å². The number of carbonyl (C=O) groups is 1. The molecular weight excluding hydrogens is 406 g/mol. The van der Waals surface area contributed by atoms with Gasteiger partial charge in [0.05, 0.1) is 27.6 Å². The van der Waals surface area contributed by atoms with E-state index in [2.05, 4.69) is 5.32 Å². The minimum absolute atomic E-state index is 0.0937. The SMILES string of the molecule is CCN(CC(=O)Nc1cccc([N+](=O)[O-])c1C)S(=O)(=O)c1ccc2ccccc2c1. The molecule has 1 amide bonds. The van der Waals surface area contributed by atoms with E-state index in [9.17, 15) is 23.3 Å². The predicted octanol–water partition coefficient (Wildman–Crippen LogP) is 3.71. The highest BCUT2D eigenvalue weighted by atomic mass is 32.2. The molecule has 3 rings (SSSR count). The fourth-order valence-corrected chi connectivity index (χ4v) is 4.59. The van der Waals surface area contributed by atoms with Gasteiger partial charge in [-0.1, -0.05) is 43.3 Å². The summed E-state index contributed by atoms with van der Waals surface area (Å²) in [6.45, 7) is 2.85. The van der Waals surface area contributed by atoms with Gasteiger partial charge >= 0.3 is 0 Å². The summed E-state index contributed by atoms with van der Waals surface area (Å²) in [5.74, 6) is -0.579. The first kappa shape index (κ1) is 21.4. The highest BCUT2D eigenvalue weighted by Crippen LogP contribution is 2.25. The van der Waals surface area contributed by atoms with Crippen LogP contribution >= 0.6 is 0 Å². The van der Waals surface area contributed by atoms with Gasteiger partial charge in [0, 0.05) is 12.6 Å². The number of nitrogens with one attached hydrogen (secondary N) is 1. The lowest BCUT2D eigenvalue weighted by Crippen LogP contribution is -2.37. The molecule has 0 aliphatic carbocycles. The van der Waals surface area contributed by atoms with Crippen molar-refractivity contribution in [1.82, 2.24) is 4.31 Å². The standard InChI is InChI=1S/C21H21N3O5S/c1-3-23(14-21(25)22-19-9-6-10-20(15(19)2)24(26)27)30(28,29)18-12-11-16-7-4-5-8-17(16)13-18/h4-13H,3,14H2,1-2H3,(H,22,25). The van der Waals surface area contributed by atoms with Gasteiger partial charge in [-0.3, -0.25) is 14.9 Å². The molecule has 0 saturated carbocycles. The fourth-order valence-electron chi connectivity index (χ4n) is 3.15. The Morgan fingerprint density at radius 1 is 1.07 bits per heavy atom. The number of hydrogen-bond acceptors (Lipinski definition) is 5. The number of carbonyl (C=O) groups excluding carboxylic acids is 1. The zero-order valence-corrected chi connectivity index (χ0v) is 17.3. The number of sulfonamides is 1. The second-order valence-corrected chi connectivity index (χ2v) is 8.63. The third-order valence-electron chi connectivity index (χ3n) is 4.81. The molecular formula is C21H21N3O5S. The largest absolute Gasteiger partial charge is 0.324 e. The van der Waals surface area contributed by atoms with Crippen LogP contribution in [0.5, 0.6) is 0 Å². The van der Waals surface area contributed by atoms with Crippen LogP contribution < -0.4 is 5.32 Å². The zero-order valence-electron chi connectivity index (χ0n) is 16.5. The molecule has 8 nitrogen and oxygen atoms in total. The molecule has 0 radical (unpaired) electrons. The first-order valence-corrected chi connectivity index (χ1v) is 10.7. The topological polar surface area (TPSA) is 110 Å². The number of nitro benzene ring substituents is 1. The summed E-state index contributed by atoms with van der Waals surface area (Å²) in [5.41, 5.74) is 0.452. The van der Waals surface area contributed by atoms with E-state index in [4.69, 9.17) is 0 Å². The average molecular weight is 427 g/mol. The van der Waals surface area contributed by atoms with Gasteiger partial charge in [-0.15, -0.1) is 0 Å². The van der Waals surface area contributed by atoms with Crippen molar-refractivity contribution >= 4 is 38.1 Å². The van der Waals surface area contributed by atoms with Crippen molar-refractivity contribution in [3.63, 3.8) is 0 Å². The second kappa shape index (κ2) is 8.60. The summed E-state index contributed by atoms with van der Waals surface area (Å²) in [6.07, 6.45) is 0. The molecule has 0 fully saturated rings. The molecule has 0 aliphatic rings. The molecule has 0 aliphatic heterocycles. The van der Waals surface area contributed by atoms with Crippen LogP contribution in [0.3, 0.4) is 0 Å². The quantitative estimate of drug-likeness (QED) is 0.457. The Balaban J connectivity index is 1.82. The molecule has 156 valence electrons. The molecule has 0 bridgehead atoms. The Kier molecular flexibility index (Phi) is 6.14. The predicted molar refractivity (Wildman–Crippen MR) is 115 cm³/mol. The van der Waals surface area contributed by atoms with Gasteiger partial charge in [-0.25, -0.2) is 8.42 Å². The second-order valence-electron chi connectivity index (χ2n) is 6.70. The van der Waals surface area contributed by atoms with E-state index < -0.39 is 27.4 Å². The van der Waals surface area contributed by atoms with Crippen LogP contribution in [0.25, 0.3) is 10.8 Å². The van der Waals surface area contributed by atoms with Crippen LogP contribution in [-0.4, -0.2) is 36.6 Å². The van der Waals surface area contributed by atoms with Crippen LogP contribution in [-0.2, 0) is 14.8 Å². The number of nitrogens with zero attached hydrogens (tertiary/aromatic N) is 2. The number of anilines is 1. The molecule has 30 heavy (non-hydrogen) atoms. The maximum Gasteiger partial charge on any atom is 0.274 e. The third kappa shape index (κ3) is 4.32.